The zero-order valence-corrected chi connectivity index (χ0v) is 18.2. The van der Waals surface area contributed by atoms with Crippen molar-refractivity contribution >= 4 is 29.4 Å². The molecule has 2 atom stereocenters. The quantitative estimate of drug-likeness (QED) is 0.595. The summed E-state index contributed by atoms with van der Waals surface area (Å²) in [7, 11) is 0. The van der Waals surface area contributed by atoms with Crippen LogP contribution in [0.4, 0.5) is 9.18 Å². The van der Waals surface area contributed by atoms with Gasteiger partial charge >= 0.3 is 6.03 Å². The highest BCUT2D eigenvalue weighted by Gasteiger charge is 2.52. The third kappa shape index (κ3) is 4.88. The van der Waals surface area contributed by atoms with Crippen LogP contribution in [0.3, 0.4) is 0 Å². The Bertz CT molecular complexity index is 982. The molecule has 1 aliphatic heterocycles. The lowest BCUT2D eigenvalue weighted by Crippen LogP contribution is -2.45. The van der Waals surface area contributed by atoms with Gasteiger partial charge in [-0.3, -0.25) is 14.5 Å². The van der Waals surface area contributed by atoms with Crippen LogP contribution in [0.15, 0.2) is 48.5 Å². The fourth-order valence-electron chi connectivity index (χ4n) is 3.75. The summed E-state index contributed by atoms with van der Waals surface area (Å²) < 4.78 is 13.4. The van der Waals surface area contributed by atoms with Gasteiger partial charge in [-0.05, 0) is 48.7 Å². The van der Waals surface area contributed by atoms with E-state index in [4.69, 9.17) is 11.6 Å². The normalized spacial score (nSPS) is 19.3. The van der Waals surface area contributed by atoms with Gasteiger partial charge in [0, 0.05) is 5.02 Å². The summed E-state index contributed by atoms with van der Waals surface area (Å²) in [6, 6.07) is 11.6. The number of carbonyl (C=O) groups excluding carboxylic acids is 3. The molecule has 2 aromatic rings. The molecule has 164 valence electrons. The number of nitrogens with one attached hydrogen (secondary N) is 2. The van der Waals surface area contributed by atoms with Crippen molar-refractivity contribution in [1.29, 1.82) is 0 Å². The summed E-state index contributed by atoms with van der Waals surface area (Å²) in [6.07, 6.45) is 1.84. The molecule has 0 aliphatic carbocycles. The summed E-state index contributed by atoms with van der Waals surface area (Å²) in [5.74, 6) is -1.41. The number of carbonyl (C=O) groups is 3. The first kappa shape index (κ1) is 22.7. The Morgan fingerprint density at radius 2 is 1.94 bits per heavy atom. The van der Waals surface area contributed by atoms with Crippen LogP contribution in [0, 0.1) is 5.82 Å². The number of amides is 4. The van der Waals surface area contributed by atoms with Crippen LogP contribution < -0.4 is 10.6 Å². The smallest absolute Gasteiger partial charge is 0.325 e. The van der Waals surface area contributed by atoms with Crippen LogP contribution in [0.1, 0.15) is 50.3 Å². The molecule has 0 saturated carbocycles. The zero-order chi connectivity index (χ0) is 22.6. The van der Waals surface area contributed by atoms with Crippen LogP contribution in [-0.2, 0) is 15.1 Å². The monoisotopic (exact) mass is 445 g/mol. The third-order valence-electron chi connectivity index (χ3n) is 5.45. The number of hydrogen-bond donors (Lipinski definition) is 2. The van der Waals surface area contributed by atoms with Crippen molar-refractivity contribution in [2.75, 3.05) is 6.54 Å². The maximum absolute atomic E-state index is 13.4. The maximum atomic E-state index is 13.4. The van der Waals surface area contributed by atoms with E-state index >= 15 is 0 Å². The second kappa shape index (κ2) is 9.47. The van der Waals surface area contributed by atoms with Crippen molar-refractivity contribution in [3.8, 4) is 0 Å². The summed E-state index contributed by atoms with van der Waals surface area (Å²) in [5.41, 5.74) is -0.00261. The molecule has 4 amide bonds. The van der Waals surface area contributed by atoms with Crippen molar-refractivity contribution in [1.82, 2.24) is 15.5 Å². The first-order valence-electron chi connectivity index (χ1n) is 10.2. The molecule has 8 heteroatoms. The second-order valence-corrected chi connectivity index (χ2v) is 8.12. The molecule has 2 unspecified atom stereocenters. The largest absolute Gasteiger partial charge is 0.348 e. The zero-order valence-electron chi connectivity index (χ0n) is 17.5. The number of imide groups is 1. The lowest BCUT2D eigenvalue weighted by atomic mass is 9.85. The lowest BCUT2D eigenvalue weighted by Gasteiger charge is -2.27. The Balaban J connectivity index is 1.77. The molecule has 1 heterocycles. The van der Waals surface area contributed by atoms with Crippen LogP contribution >= 0.6 is 11.6 Å². The molecule has 2 N–H and O–H groups in total. The Morgan fingerprint density at radius 1 is 1.23 bits per heavy atom. The van der Waals surface area contributed by atoms with Gasteiger partial charge < -0.3 is 10.6 Å². The van der Waals surface area contributed by atoms with E-state index in [0.717, 1.165) is 16.9 Å². The van der Waals surface area contributed by atoms with Crippen molar-refractivity contribution in [2.24, 2.45) is 0 Å². The fraction of sp³-hybridized carbons (Fsp3) is 0.348. The highest BCUT2D eigenvalue weighted by molar-refractivity contribution is 6.30. The van der Waals surface area contributed by atoms with Gasteiger partial charge in [-0.25, -0.2) is 9.18 Å². The highest BCUT2D eigenvalue weighted by Crippen LogP contribution is 2.34. The number of benzene rings is 2. The van der Waals surface area contributed by atoms with E-state index in [1.165, 1.54) is 24.3 Å². The molecule has 0 spiro atoms. The van der Waals surface area contributed by atoms with Gasteiger partial charge in [0.25, 0.3) is 5.91 Å². The molecule has 3 rings (SSSR count). The lowest BCUT2D eigenvalue weighted by molar-refractivity contribution is -0.135. The molecular formula is C23H25ClFN3O3. The minimum Gasteiger partial charge on any atom is -0.348 e. The molecular weight excluding hydrogens is 421 g/mol. The first-order valence-corrected chi connectivity index (χ1v) is 10.6. The van der Waals surface area contributed by atoms with E-state index in [0.29, 0.717) is 23.4 Å². The average molecular weight is 446 g/mol. The molecule has 0 radical (unpaired) electrons. The summed E-state index contributed by atoms with van der Waals surface area (Å²) in [5, 5.41) is 6.09. The van der Waals surface area contributed by atoms with E-state index in [9.17, 15) is 18.8 Å². The van der Waals surface area contributed by atoms with Crippen molar-refractivity contribution in [3.05, 3.63) is 70.5 Å². The van der Waals surface area contributed by atoms with Gasteiger partial charge in [0.05, 0.1) is 6.04 Å². The highest BCUT2D eigenvalue weighted by atomic mass is 35.5. The number of halogens is 2. The second-order valence-electron chi connectivity index (χ2n) is 7.68. The van der Waals surface area contributed by atoms with Crippen molar-refractivity contribution < 1.29 is 18.8 Å². The van der Waals surface area contributed by atoms with Crippen molar-refractivity contribution in [2.45, 2.75) is 44.7 Å². The third-order valence-corrected chi connectivity index (χ3v) is 5.68. The Morgan fingerprint density at radius 3 is 2.58 bits per heavy atom. The van der Waals surface area contributed by atoms with Gasteiger partial charge in [-0.15, -0.1) is 0 Å². The van der Waals surface area contributed by atoms with Gasteiger partial charge in [0.2, 0.25) is 5.91 Å². The summed E-state index contributed by atoms with van der Waals surface area (Å²) in [4.78, 5) is 39.5. The van der Waals surface area contributed by atoms with Crippen LogP contribution in [-0.4, -0.2) is 29.3 Å². The van der Waals surface area contributed by atoms with Gasteiger partial charge in [0.1, 0.15) is 17.9 Å². The minimum atomic E-state index is -1.31. The topological polar surface area (TPSA) is 78.5 Å². The molecule has 1 aliphatic rings. The standard InChI is InChI=1S/C23H25ClFN3O3/c1-3-4-12-23(17-8-10-19(25)11-9-17)21(30)28(22(31)27-23)14-20(29)26-15(2)16-6-5-7-18(24)13-16/h5-11,13,15H,3-4,12,14H2,1-2H3,(H,26,29)(H,27,31). The predicted octanol–water partition coefficient (Wildman–Crippen LogP) is 4.29. The van der Waals surface area contributed by atoms with Gasteiger partial charge in [-0.2, -0.15) is 0 Å². The molecule has 0 aromatic heterocycles. The average Bonchev–Trinajstić information content (AvgIpc) is 2.97. The van der Waals surface area contributed by atoms with Gasteiger partial charge in [-0.1, -0.05) is 55.6 Å². The van der Waals surface area contributed by atoms with E-state index < -0.39 is 35.7 Å². The fourth-order valence-corrected chi connectivity index (χ4v) is 3.94. The van der Waals surface area contributed by atoms with E-state index in [-0.39, 0.29) is 6.04 Å². The van der Waals surface area contributed by atoms with E-state index in [2.05, 4.69) is 10.6 Å². The SMILES string of the molecule is CCCCC1(c2ccc(F)cc2)NC(=O)N(CC(=O)NC(C)c2cccc(Cl)c2)C1=O. The number of unbranched alkanes of at least 4 members (excludes halogenated alkanes) is 1. The van der Waals surface area contributed by atoms with E-state index in [1.54, 1.807) is 25.1 Å². The first-order chi connectivity index (χ1) is 14.8. The number of rotatable bonds is 8. The Labute approximate surface area is 185 Å². The van der Waals surface area contributed by atoms with E-state index in [1.807, 2.05) is 13.0 Å². The van der Waals surface area contributed by atoms with Crippen LogP contribution in [0.5, 0.6) is 0 Å². The van der Waals surface area contributed by atoms with Crippen LogP contribution in [0.2, 0.25) is 5.02 Å². The number of nitrogens with zero attached hydrogens (tertiary/aromatic N) is 1. The summed E-state index contributed by atoms with van der Waals surface area (Å²) >= 11 is 6.00. The van der Waals surface area contributed by atoms with Crippen molar-refractivity contribution in [3.63, 3.8) is 0 Å². The molecule has 0 bridgehead atoms. The van der Waals surface area contributed by atoms with Crippen LogP contribution in [0.25, 0.3) is 0 Å². The Hall–Kier alpha value is -2.93. The molecule has 2 aromatic carbocycles. The minimum absolute atomic E-state index is 0.353. The molecule has 31 heavy (non-hydrogen) atoms. The number of urea groups is 1. The number of hydrogen-bond acceptors (Lipinski definition) is 3. The molecule has 1 saturated heterocycles. The Kier molecular flexibility index (Phi) is 6.95. The predicted molar refractivity (Wildman–Crippen MR) is 116 cm³/mol. The maximum Gasteiger partial charge on any atom is 0.325 e. The van der Waals surface area contributed by atoms with Gasteiger partial charge in [0.15, 0.2) is 0 Å². The summed E-state index contributed by atoms with van der Waals surface area (Å²) in [6.45, 7) is 3.35. The molecule has 6 nitrogen and oxygen atoms in total. The molecule has 1 fully saturated rings.